The number of rotatable bonds is 5. The molecule has 3 aromatic heterocycles. The second kappa shape index (κ2) is 12.8. The summed E-state index contributed by atoms with van der Waals surface area (Å²) >= 11 is 0. The molecule has 7 aromatic carbocycles. The van der Waals surface area contributed by atoms with Crippen LogP contribution in [0.1, 0.15) is 0 Å². The maximum absolute atomic E-state index is 6.52. The second-order valence-electron chi connectivity index (χ2n) is 13.6. The van der Waals surface area contributed by atoms with Gasteiger partial charge in [-0.1, -0.05) is 102 Å². The molecular weight excluding hydrogens is 667 g/mol. The van der Waals surface area contributed by atoms with Crippen molar-refractivity contribution in [3.05, 3.63) is 140 Å². The van der Waals surface area contributed by atoms with E-state index >= 15 is 0 Å². The number of para-hydroxylation sites is 1. The summed E-state index contributed by atoms with van der Waals surface area (Å²) in [4.78, 5) is 14.6. The summed E-state index contributed by atoms with van der Waals surface area (Å²) in [5, 5.41) is 4.24. The van der Waals surface area contributed by atoms with Crippen LogP contribution in [-0.4, -0.2) is 58.8 Å². The molecule has 0 aliphatic carbocycles. The summed E-state index contributed by atoms with van der Waals surface area (Å²) in [6.45, 7) is 0. The van der Waals surface area contributed by atoms with Gasteiger partial charge in [-0.15, -0.1) is 16.4 Å². The van der Waals surface area contributed by atoms with Gasteiger partial charge in [-0.05, 0) is 53.6 Å². The number of benzene rings is 7. The Morgan fingerprint density at radius 2 is 0.964 bits per heavy atom. The predicted octanol–water partition coefficient (Wildman–Crippen LogP) is 5.51. The minimum absolute atomic E-state index is 0.117. The summed E-state index contributed by atoms with van der Waals surface area (Å²) < 4.78 is 8.82. The third kappa shape index (κ3) is 5.35. The molecule has 10 heteroatoms. The standard InChI is InChI=1S/C45H23B5N4O/c46-38-37(39(47)41(49)42(50)40(38)48)45-52-43(25-11-5-2-6-12-25)51-44(53-45)27-16-20-35-32(21-27)31-19-17-28(23-36(31)55-35)54-33-14-8-7-13-29(33)30-18-15-26(22-34(30)54)24-9-3-1-4-10-24/h1-23H. The number of hydrogen-bond acceptors (Lipinski definition) is 4. The molecule has 0 aliphatic heterocycles. The Kier molecular flexibility index (Phi) is 7.70. The highest BCUT2D eigenvalue weighted by Crippen LogP contribution is 2.38. The lowest BCUT2D eigenvalue weighted by Crippen LogP contribution is -2.55. The highest BCUT2D eigenvalue weighted by molar-refractivity contribution is 6.68. The van der Waals surface area contributed by atoms with E-state index in [0.29, 0.717) is 17.2 Å². The fourth-order valence-electron chi connectivity index (χ4n) is 7.53. The zero-order chi connectivity index (χ0) is 37.4. The average molecular weight is 690 g/mol. The van der Waals surface area contributed by atoms with Crippen molar-refractivity contribution in [1.82, 2.24) is 19.5 Å². The van der Waals surface area contributed by atoms with E-state index in [9.17, 15) is 0 Å². The molecule has 0 bridgehead atoms. The van der Waals surface area contributed by atoms with Gasteiger partial charge in [0, 0.05) is 50.0 Å². The molecule has 5 nitrogen and oxygen atoms in total. The fraction of sp³-hybridized carbons (Fsp3) is 0. The van der Waals surface area contributed by atoms with E-state index in [1.165, 1.54) is 16.3 Å². The smallest absolute Gasteiger partial charge is 0.164 e. The van der Waals surface area contributed by atoms with Crippen LogP contribution in [0, 0.1) is 0 Å². The highest BCUT2D eigenvalue weighted by Gasteiger charge is 2.20. The molecular formula is C45H23B5N4O. The Morgan fingerprint density at radius 3 is 1.71 bits per heavy atom. The molecule has 0 N–H and O–H groups in total. The van der Waals surface area contributed by atoms with Crippen molar-refractivity contribution in [2.24, 2.45) is 0 Å². The molecule has 10 rings (SSSR count). The maximum Gasteiger partial charge on any atom is 0.164 e. The number of nitrogens with zero attached hydrogens (tertiary/aromatic N) is 4. The van der Waals surface area contributed by atoms with Gasteiger partial charge in [-0.3, -0.25) is 0 Å². The first kappa shape index (κ1) is 33.1. The Morgan fingerprint density at radius 1 is 0.382 bits per heavy atom. The van der Waals surface area contributed by atoms with Crippen LogP contribution in [0.25, 0.3) is 94.7 Å². The summed E-state index contributed by atoms with van der Waals surface area (Å²) in [5.74, 6) is 1.06. The summed E-state index contributed by atoms with van der Waals surface area (Å²) in [6, 6.07) is 47.5. The molecule has 0 saturated heterocycles. The first-order valence-corrected chi connectivity index (χ1v) is 17.7. The number of hydrogen-bond donors (Lipinski definition) is 0. The number of fused-ring (bicyclic) bond motifs is 6. The first-order valence-electron chi connectivity index (χ1n) is 17.7. The van der Waals surface area contributed by atoms with Gasteiger partial charge in [0.15, 0.2) is 17.5 Å². The Hall–Kier alpha value is -6.53. The molecule has 0 amide bonds. The molecule has 0 unspecified atom stereocenters. The van der Waals surface area contributed by atoms with Crippen molar-refractivity contribution in [2.75, 3.05) is 0 Å². The van der Waals surface area contributed by atoms with Crippen molar-refractivity contribution >= 4 is 110 Å². The maximum atomic E-state index is 6.52. The largest absolute Gasteiger partial charge is 0.456 e. The molecule has 3 heterocycles. The van der Waals surface area contributed by atoms with E-state index < -0.39 is 0 Å². The summed E-state index contributed by atoms with van der Waals surface area (Å²) in [5.41, 5.74) is 9.50. The van der Waals surface area contributed by atoms with Gasteiger partial charge >= 0.3 is 0 Å². The molecule has 55 heavy (non-hydrogen) atoms. The summed E-state index contributed by atoms with van der Waals surface area (Å²) in [6.07, 6.45) is 0. The Balaban J connectivity index is 1.13. The Labute approximate surface area is 323 Å². The molecule has 0 spiro atoms. The zero-order valence-electron chi connectivity index (χ0n) is 29.4. The van der Waals surface area contributed by atoms with E-state index in [-0.39, 0.29) is 33.1 Å². The molecule has 0 atom stereocenters. The van der Waals surface area contributed by atoms with Gasteiger partial charge in [-0.25, -0.2) is 15.0 Å². The molecule has 10 aromatic rings. The van der Waals surface area contributed by atoms with Crippen LogP contribution in [0.15, 0.2) is 144 Å². The third-order valence-corrected chi connectivity index (χ3v) is 10.3. The second-order valence-corrected chi connectivity index (χ2v) is 13.6. The molecule has 0 saturated carbocycles. The monoisotopic (exact) mass is 690 g/mol. The van der Waals surface area contributed by atoms with Crippen LogP contribution in [-0.2, 0) is 0 Å². The molecule has 244 valence electrons. The van der Waals surface area contributed by atoms with E-state index in [4.69, 9.17) is 58.6 Å². The quantitative estimate of drug-likeness (QED) is 0.224. The minimum Gasteiger partial charge on any atom is -0.456 e. The highest BCUT2D eigenvalue weighted by atomic mass is 16.3. The van der Waals surface area contributed by atoms with Gasteiger partial charge in [0.05, 0.1) is 11.0 Å². The predicted molar refractivity (Wildman–Crippen MR) is 230 cm³/mol. The molecule has 10 radical (unpaired) electrons. The zero-order valence-corrected chi connectivity index (χ0v) is 29.4. The number of aromatic nitrogens is 4. The average Bonchev–Trinajstić information content (AvgIpc) is 3.77. The Bertz CT molecular complexity index is 3130. The van der Waals surface area contributed by atoms with E-state index in [1.54, 1.807) is 0 Å². The van der Waals surface area contributed by atoms with Crippen LogP contribution < -0.4 is 27.3 Å². The molecule has 0 aliphatic rings. The lowest BCUT2D eigenvalue weighted by Gasteiger charge is -2.20. The van der Waals surface area contributed by atoms with Gasteiger partial charge in [0.1, 0.15) is 50.4 Å². The van der Waals surface area contributed by atoms with E-state index in [0.717, 1.165) is 55.3 Å². The first-order chi connectivity index (χ1) is 26.8. The molecule has 0 fully saturated rings. The van der Waals surface area contributed by atoms with Crippen molar-refractivity contribution in [1.29, 1.82) is 0 Å². The fourth-order valence-corrected chi connectivity index (χ4v) is 7.53. The SMILES string of the molecule is [B]c1c([B])c([B])c(-c2nc(-c3ccccc3)nc(-c3ccc4oc5cc(-n6c7ccccc7c7ccc(-c8ccccc8)cc76)ccc5c4c3)n2)c([B])c1[B]. The topological polar surface area (TPSA) is 56.7 Å². The van der Waals surface area contributed by atoms with Gasteiger partial charge in [0.2, 0.25) is 0 Å². The van der Waals surface area contributed by atoms with Crippen molar-refractivity contribution in [3.8, 4) is 51.0 Å². The van der Waals surface area contributed by atoms with E-state index in [1.807, 2.05) is 54.6 Å². The van der Waals surface area contributed by atoms with Crippen LogP contribution in [0.4, 0.5) is 0 Å². The van der Waals surface area contributed by atoms with Gasteiger partial charge in [0.25, 0.3) is 0 Å². The lowest BCUT2D eigenvalue weighted by atomic mass is 9.60. The van der Waals surface area contributed by atoms with Gasteiger partial charge in [-0.2, -0.15) is 0 Å². The van der Waals surface area contributed by atoms with Gasteiger partial charge < -0.3 is 8.98 Å². The third-order valence-electron chi connectivity index (χ3n) is 10.3. The minimum atomic E-state index is 0.117. The lowest BCUT2D eigenvalue weighted by molar-refractivity contribution is 0.668. The summed E-state index contributed by atoms with van der Waals surface area (Å²) in [7, 11) is 31.5. The van der Waals surface area contributed by atoms with Crippen molar-refractivity contribution in [2.45, 2.75) is 0 Å². The normalized spacial score (nSPS) is 11.6. The van der Waals surface area contributed by atoms with Crippen LogP contribution in [0.2, 0.25) is 0 Å². The van der Waals surface area contributed by atoms with Crippen molar-refractivity contribution < 1.29 is 4.42 Å². The number of furan rings is 1. The van der Waals surface area contributed by atoms with Crippen molar-refractivity contribution in [3.63, 3.8) is 0 Å². The van der Waals surface area contributed by atoms with Crippen LogP contribution in [0.5, 0.6) is 0 Å². The van der Waals surface area contributed by atoms with Crippen LogP contribution in [0.3, 0.4) is 0 Å². The van der Waals surface area contributed by atoms with E-state index in [2.05, 4.69) is 89.5 Å². The van der Waals surface area contributed by atoms with Crippen LogP contribution >= 0.6 is 0 Å².